The van der Waals surface area contributed by atoms with Crippen LogP contribution in [0.15, 0.2) is 41.6 Å². The summed E-state index contributed by atoms with van der Waals surface area (Å²) in [4.78, 5) is 24.6. The maximum Gasteiger partial charge on any atom is 0.326 e. The number of hydrogen-bond donors (Lipinski definition) is 1. The van der Waals surface area contributed by atoms with E-state index in [0.29, 0.717) is 40.4 Å². The molecule has 2 aromatic heterocycles. The van der Waals surface area contributed by atoms with E-state index < -0.39 is 17.6 Å². The Morgan fingerprint density at radius 3 is 2.72 bits per heavy atom. The minimum absolute atomic E-state index is 0.337. The van der Waals surface area contributed by atoms with Gasteiger partial charge in [0.25, 0.3) is 5.56 Å². The number of hydrogen-bond acceptors (Lipinski definition) is 6. The first-order valence-corrected chi connectivity index (χ1v) is 9.40. The summed E-state index contributed by atoms with van der Waals surface area (Å²) in [6.45, 7) is 1.96. The molecule has 1 atom stereocenters. The van der Waals surface area contributed by atoms with Crippen LogP contribution in [0.3, 0.4) is 0 Å². The molecule has 9 nitrogen and oxygen atoms in total. The molecule has 0 saturated heterocycles. The Bertz CT molecular complexity index is 1060. The van der Waals surface area contributed by atoms with E-state index in [1.54, 1.807) is 18.2 Å². The Morgan fingerprint density at radius 1 is 1.31 bits per heavy atom. The van der Waals surface area contributed by atoms with E-state index in [0.717, 1.165) is 6.42 Å². The van der Waals surface area contributed by atoms with Gasteiger partial charge in [0, 0.05) is 22.2 Å². The maximum atomic E-state index is 12.8. The number of carboxylic acid groups (broad SMARTS) is 1. The van der Waals surface area contributed by atoms with Gasteiger partial charge in [-0.3, -0.25) is 9.36 Å². The van der Waals surface area contributed by atoms with Crippen molar-refractivity contribution in [1.29, 1.82) is 0 Å². The van der Waals surface area contributed by atoms with Crippen LogP contribution in [0.1, 0.15) is 32.2 Å². The number of halogens is 1. The van der Waals surface area contributed by atoms with Crippen LogP contribution in [-0.4, -0.2) is 43.0 Å². The van der Waals surface area contributed by atoms with Gasteiger partial charge in [-0.25, -0.2) is 4.79 Å². The van der Waals surface area contributed by atoms with Crippen LogP contribution >= 0.6 is 11.6 Å². The second kappa shape index (κ2) is 8.87. The Labute approximate surface area is 171 Å². The molecule has 1 unspecified atom stereocenters. The van der Waals surface area contributed by atoms with Crippen molar-refractivity contribution >= 4 is 17.6 Å². The number of ether oxygens (including phenoxy) is 1. The summed E-state index contributed by atoms with van der Waals surface area (Å²) >= 11 is 6.18. The van der Waals surface area contributed by atoms with E-state index in [1.165, 1.54) is 34.9 Å². The molecule has 0 aliphatic rings. The number of benzene rings is 1. The number of aliphatic carboxylic acids is 1. The summed E-state index contributed by atoms with van der Waals surface area (Å²) in [5, 5.41) is 21.2. The number of pyridine rings is 1. The Kier molecular flexibility index (Phi) is 6.28. The second-order valence-electron chi connectivity index (χ2n) is 6.41. The average Bonchev–Trinajstić information content (AvgIpc) is 3.23. The molecule has 0 fully saturated rings. The molecule has 0 aliphatic carbocycles. The number of unbranched alkanes of at least 4 members (excludes halogenated alkanes) is 1. The van der Waals surface area contributed by atoms with E-state index in [2.05, 4.69) is 15.5 Å². The quantitative estimate of drug-likeness (QED) is 0.599. The monoisotopic (exact) mass is 417 g/mol. The van der Waals surface area contributed by atoms with E-state index in [1.807, 2.05) is 6.92 Å². The van der Waals surface area contributed by atoms with Crippen LogP contribution in [0.25, 0.3) is 16.8 Å². The number of carboxylic acids is 1. The molecule has 0 bridgehead atoms. The van der Waals surface area contributed by atoms with Crippen LogP contribution in [0.5, 0.6) is 5.75 Å². The molecule has 0 spiro atoms. The molecule has 0 aliphatic heterocycles. The Morgan fingerprint density at radius 2 is 2.10 bits per heavy atom. The smallest absolute Gasteiger partial charge is 0.326 e. The molecule has 152 valence electrons. The normalized spacial score (nSPS) is 12.0. The van der Waals surface area contributed by atoms with Gasteiger partial charge in [-0.1, -0.05) is 31.4 Å². The van der Waals surface area contributed by atoms with Crippen molar-refractivity contribution in [3.05, 3.63) is 52.2 Å². The average molecular weight is 418 g/mol. The van der Waals surface area contributed by atoms with Gasteiger partial charge in [-0.2, -0.15) is 4.68 Å². The fourth-order valence-corrected chi connectivity index (χ4v) is 3.29. The van der Waals surface area contributed by atoms with Gasteiger partial charge in [-0.05, 0) is 35.0 Å². The van der Waals surface area contributed by atoms with Crippen LogP contribution < -0.4 is 10.3 Å². The molecule has 29 heavy (non-hydrogen) atoms. The first-order chi connectivity index (χ1) is 14.0. The zero-order valence-corrected chi connectivity index (χ0v) is 16.7. The minimum atomic E-state index is -1.06. The zero-order valence-electron chi connectivity index (χ0n) is 15.9. The number of carbonyl (C=O) groups is 1. The van der Waals surface area contributed by atoms with Crippen LogP contribution in [0.4, 0.5) is 0 Å². The van der Waals surface area contributed by atoms with E-state index in [4.69, 9.17) is 16.3 Å². The summed E-state index contributed by atoms with van der Waals surface area (Å²) in [7, 11) is 1.46. The molecular weight excluding hydrogens is 398 g/mol. The van der Waals surface area contributed by atoms with Gasteiger partial charge in [0.15, 0.2) is 0 Å². The fraction of sp³-hybridized carbons (Fsp3) is 0.316. The number of rotatable bonds is 8. The lowest BCUT2D eigenvalue weighted by Crippen LogP contribution is -2.29. The molecule has 3 rings (SSSR count). The van der Waals surface area contributed by atoms with Gasteiger partial charge in [0.05, 0.1) is 19.0 Å². The maximum absolute atomic E-state index is 12.8. The minimum Gasteiger partial charge on any atom is -0.495 e. The third-order valence-corrected chi connectivity index (χ3v) is 4.80. The van der Waals surface area contributed by atoms with Gasteiger partial charge < -0.3 is 9.84 Å². The highest BCUT2D eigenvalue weighted by atomic mass is 35.5. The van der Waals surface area contributed by atoms with Crippen molar-refractivity contribution in [2.24, 2.45) is 0 Å². The van der Waals surface area contributed by atoms with Gasteiger partial charge in [-0.15, -0.1) is 5.10 Å². The van der Waals surface area contributed by atoms with E-state index in [9.17, 15) is 14.7 Å². The lowest BCUT2D eigenvalue weighted by atomic mass is 10.0. The molecule has 1 N–H and O–H groups in total. The van der Waals surface area contributed by atoms with E-state index in [-0.39, 0.29) is 0 Å². The van der Waals surface area contributed by atoms with E-state index >= 15 is 0 Å². The number of methoxy groups -OCH3 is 1. The summed E-state index contributed by atoms with van der Waals surface area (Å²) in [5.74, 6) is -0.726. The largest absolute Gasteiger partial charge is 0.495 e. The third-order valence-electron chi connectivity index (χ3n) is 4.56. The van der Waals surface area contributed by atoms with Crippen molar-refractivity contribution in [3.8, 4) is 22.6 Å². The van der Waals surface area contributed by atoms with Gasteiger partial charge in [0.2, 0.25) is 0 Å². The summed E-state index contributed by atoms with van der Waals surface area (Å²) in [6.07, 6.45) is 4.71. The molecule has 3 aromatic rings. The van der Waals surface area contributed by atoms with Gasteiger partial charge >= 0.3 is 5.97 Å². The van der Waals surface area contributed by atoms with Crippen LogP contribution in [0, 0.1) is 0 Å². The molecular formula is C19H20ClN5O4. The molecule has 1 aromatic carbocycles. The van der Waals surface area contributed by atoms with Crippen molar-refractivity contribution in [3.63, 3.8) is 0 Å². The highest BCUT2D eigenvalue weighted by molar-refractivity contribution is 6.31. The lowest BCUT2D eigenvalue weighted by molar-refractivity contribution is -0.141. The summed E-state index contributed by atoms with van der Waals surface area (Å²) in [5.41, 5.74) is 1.18. The Balaban J connectivity index is 2.18. The number of tetrazole rings is 1. The van der Waals surface area contributed by atoms with Crippen LogP contribution in [-0.2, 0) is 4.79 Å². The van der Waals surface area contributed by atoms with Crippen molar-refractivity contribution in [2.45, 2.75) is 32.2 Å². The van der Waals surface area contributed by atoms with Crippen molar-refractivity contribution < 1.29 is 14.6 Å². The highest BCUT2D eigenvalue weighted by Gasteiger charge is 2.23. The predicted molar refractivity (Wildman–Crippen MR) is 107 cm³/mol. The number of aromatic nitrogens is 5. The van der Waals surface area contributed by atoms with Gasteiger partial charge in [0.1, 0.15) is 18.1 Å². The molecule has 0 saturated carbocycles. The summed E-state index contributed by atoms with van der Waals surface area (Å²) in [6, 6.07) is 5.46. The third kappa shape index (κ3) is 4.29. The fourth-order valence-electron chi connectivity index (χ4n) is 3.12. The zero-order chi connectivity index (χ0) is 21.0. The number of nitrogens with zero attached hydrogens (tertiary/aromatic N) is 5. The first kappa shape index (κ1) is 20.5. The Hall–Kier alpha value is -3.20. The first-order valence-electron chi connectivity index (χ1n) is 9.02. The molecule has 0 amide bonds. The molecule has 2 heterocycles. The highest BCUT2D eigenvalue weighted by Crippen LogP contribution is 2.35. The van der Waals surface area contributed by atoms with Crippen LogP contribution in [0.2, 0.25) is 5.02 Å². The summed E-state index contributed by atoms with van der Waals surface area (Å²) < 4.78 is 8.12. The lowest BCUT2D eigenvalue weighted by Gasteiger charge is -2.19. The molecule has 0 radical (unpaired) electrons. The van der Waals surface area contributed by atoms with Crippen molar-refractivity contribution in [2.75, 3.05) is 7.11 Å². The SMILES string of the molecule is CCCCC(C(=O)O)n1cc(OC)c(-c2cc(Cl)ccc2-n2cnnn2)cc1=O. The van der Waals surface area contributed by atoms with Crippen molar-refractivity contribution in [1.82, 2.24) is 24.8 Å². The molecule has 10 heteroatoms. The predicted octanol–water partition coefficient (Wildman–Crippen LogP) is 2.97. The second-order valence-corrected chi connectivity index (χ2v) is 6.85. The standard InChI is InChI=1S/C19H20ClN5O4/c1-3-4-5-16(19(27)28)24-10-17(29-2)14(9-18(24)26)13-8-12(20)6-7-15(13)25-11-21-22-23-25/h6-11,16H,3-5H2,1-2H3,(H,27,28). The topological polar surface area (TPSA) is 112 Å².